The maximum Gasteiger partial charge on any atom is 0.295 e. The van der Waals surface area contributed by atoms with E-state index in [9.17, 15) is 13.2 Å². The van der Waals surface area contributed by atoms with Crippen molar-refractivity contribution >= 4 is 28.4 Å². The molecule has 1 amide bonds. The molecule has 0 saturated carbocycles. The van der Waals surface area contributed by atoms with Crippen LogP contribution in [0.2, 0.25) is 0 Å². The van der Waals surface area contributed by atoms with Crippen LogP contribution in [0.1, 0.15) is 15.9 Å². The molecule has 0 aromatic heterocycles. The Balaban J connectivity index is 0.00000220. The first-order valence-corrected chi connectivity index (χ1v) is 7.26. The largest absolute Gasteiger partial charge is 0.378 e. The fourth-order valence-electron chi connectivity index (χ4n) is 1.91. The molecule has 0 aliphatic carbocycles. The highest BCUT2D eigenvalue weighted by molar-refractivity contribution is 7.85. The molecular weight excluding hydrogens is 320 g/mol. The van der Waals surface area contributed by atoms with E-state index in [0.717, 1.165) is 6.07 Å². The van der Waals surface area contributed by atoms with Gasteiger partial charge in [0.25, 0.3) is 16.0 Å². The Morgan fingerprint density at radius 2 is 1.95 bits per heavy atom. The number of morpholine rings is 1. The summed E-state index contributed by atoms with van der Waals surface area (Å²) < 4.78 is 36.7. The summed E-state index contributed by atoms with van der Waals surface area (Å²) in [6.07, 6.45) is 0. The Morgan fingerprint density at radius 3 is 2.48 bits per heavy atom. The number of amides is 1. The lowest BCUT2D eigenvalue weighted by atomic mass is 10.1. The summed E-state index contributed by atoms with van der Waals surface area (Å²) in [6.45, 7) is 1.68. The third-order valence-electron chi connectivity index (χ3n) is 2.93. The highest BCUT2D eigenvalue weighted by atomic mass is 35.5. The Bertz CT molecular complexity index is 677. The zero-order valence-corrected chi connectivity index (χ0v) is 12.5. The van der Waals surface area contributed by atoms with E-state index in [4.69, 9.17) is 14.6 Å². The standard InChI is InChI=1S/C12H12N2O5S.ClH/c13-8-10-2-1-9(7-11(10)20(16,17)18)12(15)14-3-5-19-6-4-14;/h1-2,7H,3-6H2,(H,16,17,18);1H. The molecular formula is C12H13ClN2O5S. The fourth-order valence-corrected chi connectivity index (χ4v) is 2.58. The molecule has 1 N–H and O–H groups in total. The van der Waals surface area contributed by atoms with Crippen LogP contribution in [0.3, 0.4) is 0 Å². The number of benzene rings is 1. The van der Waals surface area contributed by atoms with Crippen LogP contribution < -0.4 is 0 Å². The summed E-state index contributed by atoms with van der Waals surface area (Å²) in [5, 5.41) is 8.82. The van der Waals surface area contributed by atoms with Crippen LogP contribution in [0, 0.1) is 11.3 Å². The highest BCUT2D eigenvalue weighted by Crippen LogP contribution is 2.18. The van der Waals surface area contributed by atoms with Crippen molar-refractivity contribution in [3.05, 3.63) is 29.3 Å². The van der Waals surface area contributed by atoms with Crippen LogP contribution in [-0.4, -0.2) is 50.1 Å². The molecule has 0 radical (unpaired) electrons. The van der Waals surface area contributed by atoms with E-state index >= 15 is 0 Å². The molecule has 0 spiro atoms. The second-order valence-corrected chi connectivity index (χ2v) is 5.59. The zero-order valence-electron chi connectivity index (χ0n) is 10.9. The number of rotatable bonds is 2. The Hall–Kier alpha value is -1.66. The third-order valence-corrected chi connectivity index (χ3v) is 3.82. The minimum absolute atomic E-state index is 0. The molecule has 1 heterocycles. The predicted octanol–water partition coefficient (Wildman–Crippen LogP) is 0.699. The van der Waals surface area contributed by atoms with E-state index < -0.39 is 15.0 Å². The van der Waals surface area contributed by atoms with E-state index in [0.29, 0.717) is 26.3 Å². The van der Waals surface area contributed by atoms with E-state index in [-0.39, 0.29) is 29.4 Å². The fraction of sp³-hybridized carbons (Fsp3) is 0.333. The highest BCUT2D eigenvalue weighted by Gasteiger charge is 2.22. The summed E-state index contributed by atoms with van der Waals surface area (Å²) in [5.74, 6) is -0.359. The van der Waals surface area contributed by atoms with Gasteiger partial charge in [0.2, 0.25) is 0 Å². The summed E-state index contributed by atoms with van der Waals surface area (Å²) >= 11 is 0. The monoisotopic (exact) mass is 332 g/mol. The molecule has 0 unspecified atom stereocenters. The molecule has 21 heavy (non-hydrogen) atoms. The maximum atomic E-state index is 12.2. The van der Waals surface area contributed by atoms with Crippen LogP contribution in [0.25, 0.3) is 0 Å². The van der Waals surface area contributed by atoms with Gasteiger partial charge < -0.3 is 9.64 Å². The van der Waals surface area contributed by atoms with E-state index in [1.807, 2.05) is 0 Å². The Kier molecular flexibility index (Phi) is 5.69. The van der Waals surface area contributed by atoms with Gasteiger partial charge in [0.15, 0.2) is 0 Å². The number of ether oxygens (including phenoxy) is 1. The molecule has 1 aromatic rings. The molecule has 0 bridgehead atoms. The van der Waals surface area contributed by atoms with Crippen LogP contribution in [0.15, 0.2) is 23.1 Å². The first-order valence-electron chi connectivity index (χ1n) is 5.82. The second-order valence-electron chi connectivity index (χ2n) is 4.20. The number of hydrogen-bond donors (Lipinski definition) is 1. The van der Waals surface area contributed by atoms with Crippen molar-refractivity contribution in [2.45, 2.75) is 4.90 Å². The molecule has 7 nitrogen and oxygen atoms in total. The van der Waals surface area contributed by atoms with Gasteiger partial charge in [-0.1, -0.05) is 0 Å². The van der Waals surface area contributed by atoms with Crippen molar-refractivity contribution in [1.29, 1.82) is 5.26 Å². The lowest BCUT2D eigenvalue weighted by molar-refractivity contribution is 0.0302. The lowest BCUT2D eigenvalue weighted by Crippen LogP contribution is -2.40. The molecule has 1 aromatic carbocycles. The molecule has 1 saturated heterocycles. The average Bonchev–Trinajstić information content (AvgIpc) is 2.46. The third kappa shape index (κ3) is 3.92. The van der Waals surface area contributed by atoms with E-state index in [1.165, 1.54) is 17.0 Å². The molecule has 1 fully saturated rings. The van der Waals surface area contributed by atoms with Gasteiger partial charge in [-0.3, -0.25) is 9.35 Å². The topological polar surface area (TPSA) is 108 Å². The average molecular weight is 333 g/mol. The van der Waals surface area contributed by atoms with Crippen LogP contribution >= 0.6 is 12.4 Å². The molecule has 0 atom stereocenters. The van der Waals surface area contributed by atoms with Gasteiger partial charge in [-0.15, -0.1) is 12.4 Å². The maximum absolute atomic E-state index is 12.2. The van der Waals surface area contributed by atoms with E-state index in [2.05, 4.69) is 0 Å². The SMILES string of the molecule is Cl.N#Cc1ccc(C(=O)N2CCOCC2)cc1S(=O)(=O)O. The van der Waals surface area contributed by atoms with Crippen molar-refractivity contribution in [3.8, 4) is 6.07 Å². The molecule has 2 rings (SSSR count). The van der Waals surface area contributed by atoms with Gasteiger partial charge in [-0.05, 0) is 18.2 Å². The summed E-state index contributed by atoms with van der Waals surface area (Å²) in [4.78, 5) is 13.2. The van der Waals surface area contributed by atoms with Gasteiger partial charge in [-0.2, -0.15) is 13.7 Å². The summed E-state index contributed by atoms with van der Waals surface area (Å²) in [5.41, 5.74) is -0.0930. The quantitative estimate of drug-likeness (QED) is 0.799. The van der Waals surface area contributed by atoms with Crippen LogP contribution in [0.4, 0.5) is 0 Å². The lowest BCUT2D eigenvalue weighted by Gasteiger charge is -2.27. The minimum atomic E-state index is -4.55. The van der Waals surface area contributed by atoms with Gasteiger partial charge in [-0.25, -0.2) is 0 Å². The molecule has 9 heteroatoms. The van der Waals surface area contributed by atoms with Crippen LogP contribution in [0.5, 0.6) is 0 Å². The Labute approximate surface area is 128 Å². The van der Waals surface area contributed by atoms with Crippen molar-refractivity contribution in [2.24, 2.45) is 0 Å². The molecule has 1 aliphatic rings. The summed E-state index contributed by atoms with van der Waals surface area (Å²) in [6, 6.07) is 5.25. The van der Waals surface area contributed by atoms with Crippen molar-refractivity contribution in [3.63, 3.8) is 0 Å². The number of nitriles is 1. The number of carbonyl (C=O) groups is 1. The molecule has 1 aliphatic heterocycles. The Morgan fingerprint density at radius 1 is 1.33 bits per heavy atom. The van der Waals surface area contributed by atoms with Gasteiger partial charge in [0.1, 0.15) is 11.0 Å². The zero-order chi connectivity index (χ0) is 14.8. The van der Waals surface area contributed by atoms with Crippen LogP contribution in [-0.2, 0) is 14.9 Å². The smallest absolute Gasteiger partial charge is 0.295 e. The number of carbonyl (C=O) groups excluding carboxylic acids is 1. The second kappa shape index (κ2) is 6.87. The number of hydrogen-bond acceptors (Lipinski definition) is 5. The van der Waals surface area contributed by atoms with Crippen molar-refractivity contribution in [1.82, 2.24) is 4.90 Å². The van der Waals surface area contributed by atoms with Crippen molar-refractivity contribution < 1.29 is 22.5 Å². The number of nitrogens with zero attached hydrogens (tertiary/aromatic N) is 2. The first kappa shape index (κ1) is 17.4. The molecule has 114 valence electrons. The van der Waals surface area contributed by atoms with Gasteiger partial charge in [0.05, 0.1) is 18.8 Å². The van der Waals surface area contributed by atoms with Crippen molar-refractivity contribution in [2.75, 3.05) is 26.3 Å². The van der Waals surface area contributed by atoms with Gasteiger partial charge >= 0.3 is 0 Å². The first-order chi connectivity index (χ1) is 9.43. The normalized spacial score (nSPS) is 15.0. The van der Waals surface area contributed by atoms with E-state index in [1.54, 1.807) is 6.07 Å². The summed E-state index contributed by atoms with van der Waals surface area (Å²) in [7, 11) is -4.55. The van der Waals surface area contributed by atoms with Gasteiger partial charge in [0, 0.05) is 18.7 Å². The minimum Gasteiger partial charge on any atom is -0.378 e. The number of halogens is 1. The predicted molar refractivity (Wildman–Crippen MR) is 74.9 cm³/mol.